The first-order valence-corrected chi connectivity index (χ1v) is 6.08. The molecule has 1 N–H and O–H groups in total. The van der Waals surface area contributed by atoms with Gasteiger partial charge in [0, 0.05) is 5.69 Å². The van der Waals surface area contributed by atoms with E-state index in [0.717, 1.165) is 17.4 Å². The number of hydrogen-bond acceptors (Lipinski definition) is 4. The molecule has 0 unspecified atom stereocenters. The van der Waals surface area contributed by atoms with Crippen LogP contribution in [0.5, 0.6) is 0 Å². The summed E-state index contributed by atoms with van der Waals surface area (Å²) in [5.74, 6) is 0.263. The second-order valence-corrected chi connectivity index (χ2v) is 4.58. The van der Waals surface area contributed by atoms with Crippen LogP contribution in [0.4, 0.5) is 5.69 Å². The molecule has 5 heteroatoms. The van der Waals surface area contributed by atoms with E-state index in [1.165, 1.54) is 11.8 Å². The number of nitrogens with one attached hydrogen (secondary N) is 1. The number of carbonyl (C=O) groups is 1. The lowest BCUT2D eigenvalue weighted by atomic mass is 10.0. The van der Waals surface area contributed by atoms with Gasteiger partial charge in [-0.25, -0.2) is 0 Å². The van der Waals surface area contributed by atoms with Crippen LogP contribution in [0.25, 0.3) is 0 Å². The SMILES string of the molecule is CC(C)c1ccc(NC(=O)c2cnsn2)cc1. The number of anilines is 1. The van der Waals surface area contributed by atoms with Crippen LogP contribution < -0.4 is 5.32 Å². The molecule has 0 saturated heterocycles. The fourth-order valence-corrected chi connectivity index (χ4v) is 1.82. The summed E-state index contributed by atoms with van der Waals surface area (Å²) >= 11 is 1.02. The highest BCUT2D eigenvalue weighted by atomic mass is 32.1. The highest BCUT2D eigenvalue weighted by molar-refractivity contribution is 6.99. The Kier molecular flexibility index (Phi) is 3.49. The van der Waals surface area contributed by atoms with Crippen LogP contribution in [-0.2, 0) is 0 Å². The van der Waals surface area contributed by atoms with Crippen molar-refractivity contribution in [3.05, 3.63) is 41.7 Å². The van der Waals surface area contributed by atoms with Gasteiger partial charge < -0.3 is 5.32 Å². The zero-order valence-corrected chi connectivity index (χ0v) is 10.5. The van der Waals surface area contributed by atoms with Gasteiger partial charge in [-0.1, -0.05) is 26.0 Å². The molecule has 0 fully saturated rings. The number of hydrogen-bond donors (Lipinski definition) is 1. The number of rotatable bonds is 3. The number of nitrogens with zero attached hydrogens (tertiary/aromatic N) is 2. The second-order valence-electron chi connectivity index (χ2n) is 4.02. The van der Waals surface area contributed by atoms with Crippen LogP contribution in [-0.4, -0.2) is 14.7 Å². The molecule has 1 aromatic heterocycles. The van der Waals surface area contributed by atoms with E-state index in [2.05, 4.69) is 27.9 Å². The number of carbonyl (C=O) groups excluding carboxylic acids is 1. The maximum atomic E-state index is 11.7. The fraction of sp³-hybridized carbons (Fsp3) is 0.250. The Morgan fingerprint density at radius 3 is 2.53 bits per heavy atom. The lowest BCUT2D eigenvalue weighted by molar-refractivity contribution is 0.102. The van der Waals surface area contributed by atoms with Crippen molar-refractivity contribution in [1.29, 1.82) is 0 Å². The van der Waals surface area contributed by atoms with Crippen LogP contribution in [0.15, 0.2) is 30.5 Å². The molecule has 1 amide bonds. The molecule has 2 aromatic rings. The number of aromatic nitrogens is 2. The van der Waals surface area contributed by atoms with Crippen LogP contribution in [0.2, 0.25) is 0 Å². The molecule has 1 heterocycles. The lowest BCUT2D eigenvalue weighted by Gasteiger charge is -2.07. The molecule has 0 radical (unpaired) electrons. The molecule has 0 spiro atoms. The summed E-state index contributed by atoms with van der Waals surface area (Å²) in [5, 5.41) is 2.78. The zero-order valence-electron chi connectivity index (χ0n) is 9.68. The Labute approximate surface area is 104 Å². The van der Waals surface area contributed by atoms with Crippen molar-refractivity contribution in [2.75, 3.05) is 5.32 Å². The van der Waals surface area contributed by atoms with Gasteiger partial charge >= 0.3 is 0 Å². The summed E-state index contributed by atoms with van der Waals surface area (Å²) in [6.45, 7) is 4.27. The maximum absolute atomic E-state index is 11.7. The third-order valence-electron chi connectivity index (χ3n) is 2.43. The summed E-state index contributed by atoms with van der Waals surface area (Å²) < 4.78 is 7.67. The summed E-state index contributed by atoms with van der Waals surface area (Å²) in [4.78, 5) is 11.7. The third kappa shape index (κ3) is 2.88. The molecule has 0 aliphatic rings. The van der Waals surface area contributed by atoms with Crippen molar-refractivity contribution >= 4 is 23.3 Å². The van der Waals surface area contributed by atoms with Gasteiger partial charge in [-0.2, -0.15) is 8.75 Å². The van der Waals surface area contributed by atoms with Crippen molar-refractivity contribution in [3.8, 4) is 0 Å². The summed E-state index contributed by atoms with van der Waals surface area (Å²) in [5.41, 5.74) is 2.37. The standard InChI is InChI=1S/C12H13N3OS/c1-8(2)9-3-5-10(6-4-9)14-12(16)11-7-13-17-15-11/h3-8H,1-2H3,(H,14,16). The normalized spacial score (nSPS) is 10.5. The zero-order chi connectivity index (χ0) is 12.3. The topological polar surface area (TPSA) is 54.9 Å². The summed E-state index contributed by atoms with van der Waals surface area (Å²) in [7, 11) is 0. The summed E-state index contributed by atoms with van der Waals surface area (Å²) in [6, 6.07) is 7.82. The van der Waals surface area contributed by atoms with Gasteiger partial charge in [-0.15, -0.1) is 0 Å². The predicted octanol–water partition coefficient (Wildman–Crippen LogP) is 2.91. The molecule has 0 bridgehead atoms. The van der Waals surface area contributed by atoms with E-state index in [0.29, 0.717) is 11.6 Å². The van der Waals surface area contributed by atoms with Gasteiger partial charge in [0.05, 0.1) is 17.9 Å². The van der Waals surface area contributed by atoms with Crippen LogP contribution in [0.3, 0.4) is 0 Å². The van der Waals surface area contributed by atoms with Gasteiger partial charge in [0.25, 0.3) is 5.91 Å². The van der Waals surface area contributed by atoms with E-state index in [1.54, 1.807) is 0 Å². The van der Waals surface area contributed by atoms with Gasteiger partial charge in [-0.3, -0.25) is 4.79 Å². The average molecular weight is 247 g/mol. The van der Waals surface area contributed by atoms with E-state index < -0.39 is 0 Å². The molecular formula is C12H13N3OS. The monoisotopic (exact) mass is 247 g/mol. The Morgan fingerprint density at radius 1 is 1.29 bits per heavy atom. The van der Waals surface area contributed by atoms with Crippen molar-refractivity contribution in [2.45, 2.75) is 19.8 Å². The first-order valence-electron chi connectivity index (χ1n) is 5.35. The Morgan fingerprint density at radius 2 is 2.00 bits per heavy atom. The van der Waals surface area contributed by atoms with Crippen LogP contribution >= 0.6 is 11.7 Å². The molecule has 0 saturated carbocycles. The average Bonchev–Trinajstić information content (AvgIpc) is 2.83. The second kappa shape index (κ2) is 5.05. The first-order chi connectivity index (χ1) is 8.16. The highest BCUT2D eigenvalue weighted by Crippen LogP contribution is 2.17. The van der Waals surface area contributed by atoms with Crippen LogP contribution in [0.1, 0.15) is 35.8 Å². The predicted molar refractivity (Wildman–Crippen MR) is 68.4 cm³/mol. The Bertz CT molecular complexity index is 491. The smallest absolute Gasteiger partial charge is 0.277 e. The van der Waals surface area contributed by atoms with Gasteiger partial charge in [0.15, 0.2) is 5.69 Å². The lowest BCUT2D eigenvalue weighted by Crippen LogP contribution is -2.12. The first kappa shape index (κ1) is 11.7. The molecule has 0 aliphatic carbocycles. The molecule has 1 aromatic carbocycles. The molecule has 4 nitrogen and oxygen atoms in total. The Hall–Kier alpha value is -1.75. The quantitative estimate of drug-likeness (QED) is 0.907. The molecular weight excluding hydrogens is 234 g/mol. The van der Waals surface area contributed by atoms with Crippen molar-refractivity contribution in [2.24, 2.45) is 0 Å². The molecule has 88 valence electrons. The number of benzene rings is 1. The van der Waals surface area contributed by atoms with Crippen molar-refractivity contribution in [3.63, 3.8) is 0 Å². The summed E-state index contributed by atoms with van der Waals surface area (Å²) in [6.07, 6.45) is 1.46. The van der Waals surface area contributed by atoms with E-state index >= 15 is 0 Å². The minimum Gasteiger partial charge on any atom is -0.321 e. The molecule has 2 rings (SSSR count). The van der Waals surface area contributed by atoms with Crippen LogP contribution in [0, 0.1) is 0 Å². The van der Waals surface area contributed by atoms with Gasteiger partial charge in [-0.05, 0) is 23.6 Å². The molecule has 0 aliphatic heterocycles. The van der Waals surface area contributed by atoms with Gasteiger partial charge in [0.2, 0.25) is 0 Å². The molecule has 0 atom stereocenters. The fourth-order valence-electron chi connectivity index (χ4n) is 1.41. The van der Waals surface area contributed by atoms with E-state index in [1.807, 2.05) is 24.3 Å². The highest BCUT2D eigenvalue weighted by Gasteiger charge is 2.08. The van der Waals surface area contributed by atoms with E-state index in [9.17, 15) is 4.79 Å². The van der Waals surface area contributed by atoms with Gasteiger partial charge in [0.1, 0.15) is 0 Å². The van der Waals surface area contributed by atoms with Crippen molar-refractivity contribution in [1.82, 2.24) is 8.75 Å². The molecule has 17 heavy (non-hydrogen) atoms. The maximum Gasteiger partial charge on any atom is 0.277 e. The third-order valence-corrected chi connectivity index (χ3v) is 2.91. The minimum absolute atomic E-state index is 0.226. The largest absolute Gasteiger partial charge is 0.321 e. The Balaban J connectivity index is 2.07. The van der Waals surface area contributed by atoms with E-state index in [4.69, 9.17) is 0 Å². The van der Waals surface area contributed by atoms with E-state index in [-0.39, 0.29) is 5.91 Å². The minimum atomic E-state index is -0.226. The number of amides is 1. The van der Waals surface area contributed by atoms with Crippen molar-refractivity contribution < 1.29 is 4.79 Å².